The molecule has 2 unspecified atom stereocenters. The Kier molecular flexibility index (Phi) is 6.50. The molecule has 0 aliphatic carbocycles. The minimum absolute atomic E-state index is 0.160. The average molecular weight is 297 g/mol. The van der Waals surface area contributed by atoms with Crippen molar-refractivity contribution in [1.29, 1.82) is 0 Å². The highest BCUT2D eigenvalue weighted by Crippen LogP contribution is 2.24. The third kappa shape index (κ3) is 5.43. The number of halogens is 1. The van der Waals surface area contributed by atoms with Gasteiger partial charge in [-0.05, 0) is 58.9 Å². The van der Waals surface area contributed by atoms with Gasteiger partial charge < -0.3 is 5.32 Å². The number of likely N-dealkylation sites (N-methyl/N-ethyl adjacent to an activating group) is 1. The highest BCUT2D eigenvalue weighted by atomic mass is 35.5. The largest absolute Gasteiger partial charge is 0.311 e. The Morgan fingerprint density at radius 1 is 1.30 bits per heavy atom. The first-order valence-corrected chi connectivity index (χ1v) is 7.85. The van der Waals surface area contributed by atoms with E-state index in [9.17, 15) is 0 Å². The summed E-state index contributed by atoms with van der Waals surface area (Å²) in [5, 5.41) is 4.41. The second kappa shape index (κ2) is 7.44. The molecule has 2 nitrogen and oxygen atoms in total. The van der Waals surface area contributed by atoms with E-state index in [0.29, 0.717) is 12.1 Å². The first kappa shape index (κ1) is 17.5. The first-order valence-electron chi connectivity index (χ1n) is 7.47. The maximum Gasteiger partial charge on any atom is 0.0409 e. The van der Waals surface area contributed by atoms with Crippen molar-refractivity contribution in [3.8, 4) is 0 Å². The smallest absolute Gasteiger partial charge is 0.0409 e. The third-order valence-electron chi connectivity index (χ3n) is 3.86. The molecule has 1 aromatic carbocycles. The summed E-state index contributed by atoms with van der Waals surface area (Å²) >= 11 is 6.10. The molecule has 0 aliphatic heterocycles. The van der Waals surface area contributed by atoms with Gasteiger partial charge in [0.2, 0.25) is 0 Å². The molecule has 2 atom stereocenters. The Bertz CT molecular complexity index is 412. The van der Waals surface area contributed by atoms with Gasteiger partial charge in [0, 0.05) is 29.2 Å². The lowest BCUT2D eigenvalue weighted by atomic mass is 10.0. The van der Waals surface area contributed by atoms with Crippen molar-refractivity contribution >= 4 is 11.6 Å². The Morgan fingerprint density at radius 2 is 1.95 bits per heavy atom. The lowest BCUT2D eigenvalue weighted by molar-refractivity contribution is 0.167. The van der Waals surface area contributed by atoms with Crippen LogP contribution in [0.1, 0.15) is 52.6 Å². The molecule has 0 radical (unpaired) electrons. The van der Waals surface area contributed by atoms with Gasteiger partial charge in [0.1, 0.15) is 0 Å². The fourth-order valence-corrected chi connectivity index (χ4v) is 2.52. The van der Waals surface area contributed by atoms with Crippen LogP contribution in [0.2, 0.25) is 5.02 Å². The van der Waals surface area contributed by atoms with Crippen LogP contribution in [0.3, 0.4) is 0 Å². The van der Waals surface area contributed by atoms with Crippen molar-refractivity contribution in [1.82, 2.24) is 10.2 Å². The quantitative estimate of drug-likeness (QED) is 0.831. The van der Waals surface area contributed by atoms with Crippen molar-refractivity contribution in [2.24, 2.45) is 0 Å². The Hall–Kier alpha value is -0.570. The van der Waals surface area contributed by atoms with E-state index in [1.807, 2.05) is 12.1 Å². The molecule has 0 bridgehead atoms. The van der Waals surface area contributed by atoms with Crippen LogP contribution in [0.4, 0.5) is 0 Å². The molecule has 0 aromatic heterocycles. The van der Waals surface area contributed by atoms with Crippen LogP contribution >= 0.6 is 11.6 Å². The van der Waals surface area contributed by atoms with Crippen LogP contribution in [0.15, 0.2) is 24.3 Å². The predicted octanol–water partition coefficient (Wildman–Crippen LogP) is 4.50. The zero-order valence-corrected chi connectivity index (χ0v) is 14.5. The van der Waals surface area contributed by atoms with Gasteiger partial charge in [-0.25, -0.2) is 0 Å². The lowest BCUT2D eigenvalue weighted by Gasteiger charge is -2.35. The summed E-state index contributed by atoms with van der Waals surface area (Å²) < 4.78 is 0. The van der Waals surface area contributed by atoms with Crippen molar-refractivity contribution in [2.75, 3.05) is 13.6 Å². The SMILES string of the molecule is CCC(CNC(C)(C)C)N(C)C(C)c1cccc(Cl)c1. The monoisotopic (exact) mass is 296 g/mol. The molecule has 1 rings (SSSR count). The summed E-state index contributed by atoms with van der Waals surface area (Å²) in [7, 11) is 2.20. The number of hydrogen-bond acceptors (Lipinski definition) is 2. The van der Waals surface area contributed by atoms with Gasteiger partial charge in [0.25, 0.3) is 0 Å². The highest BCUT2D eigenvalue weighted by molar-refractivity contribution is 6.30. The van der Waals surface area contributed by atoms with Crippen LogP contribution in [0.25, 0.3) is 0 Å². The second-order valence-corrected chi connectivity index (χ2v) is 7.03. The number of hydrogen-bond donors (Lipinski definition) is 1. The van der Waals surface area contributed by atoms with Crippen molar-refractivity contribution in [3.63, 3.8) is 0 Å². The summed E-state index contributed by atoms with van der Waals surface area (Å²) in [6.07, 6.45) is 1.13. The number of rotatable bonds is 6. The molecular formula is C17H29ClN2. The normalized spacial score (nSPS) is 15.4. The van der Waals surface area contributed by atoms with Gasteiger partial charge in [-0.1, -0.05) is 30.7 Å². The van der Waals surface area contributed by atoms with Gasteiger partial charge in [-0.15, -0.1) is 0 Å². The molecule has 0 saturated carbocycles. The minimum Gasteiger partial charge on any atom is -0.311 e. The maximum absolute atomic E-state index is 6.10. The average Bonchev–Trinajstić information content (AvgIpc) is 2.37. The van der Waals surface area contributed by atoms with Crippen LogP contribution < -0.4 is 5.32 Å². The molecular weight excluding hydrogens is 268 g/mol. The van der Waals surface area contributed by atoms with E-state index in [0.717, 1.165) is 18.0 Å². The fraction of sp³-hybridized carbons (Fsp3) is 0.647. The number of benzene rings is 1. The summed E-state index contributed by atoms with van der Waals surface area (Å²) in [5.41, 5.74) is 1.43. The van der Waals surface area contributed by atoms with E-state index in [1.165, 1.54) is 5.56 Å². The molecule has 114 valence electrons. The Labute approximate surface area is 129 Å². The van der Waals surface area contributed by atoms with Gasteiger partial charge in [-0.2, -0.15) is 0 Å². The standard InChI is InChI=1S/C17H29ClN2/c1-7-16(12-19-17(3,4)5)20(6)13(2)14-9-8-10-15(18)11-14/h8-11,13,16,19H,7,12H2,1-6H3. The molecule has 1 N–H and O–H groups in total. The summed E-state index contributed by atoms with van der Waals surface area (Å²) in [5.74, 6) is 0. The van der Waals surface area contributed by atoms with Crippen molar-refractivity contribution < 1.29 is 0 Å². The number of nitrogens with one attached hydrogen (secondary N) is 1. The van der Waals surface area contributed by atoms with Gasteiger partial charge in [0.05, 0.1) is 0 Å². The van der Waals surface area contributed by atoms with Crippen molar-refractivity contribution in [3.05, 3.63) is 34.9 Å². The topological polar surface area (TPSA) is 15.3 Å². The zero-order chi connectivity index (χ0) is 15.3. The van der Waals surface area contributed by atoms with Crippen LogP contribution in [-0.4, -0.2) is 30.1 Å². The van der Waals surface area contributed by atoms with Crippen LogP contribution in [0.5, 0.6) is 0 Å². The van der Waals surface area contributed by atoms with Crippen molar-refractivity contribution in [2.45, 2.75) is 58.7 Å². The van der Waals surface area contributed by atoms with E-state index < -0.39 is 0 Å². The van der Waals surface area contributed by atoms with Crippen LogP contribution in [-0.2, 0) is 0 Å². The van der Waals surface area contributed by atoms with E-state index in [-0.39, 0.29) is 5.54 Å². The summed E-state index contributed by atoms with van der Waals surface area (Å²) in [4.78, 5) is 2.43. The molecule has 0 saturated heterocycles. The van der Waals surface area contributed by atoms with Gasteiger partial charge in [-0.3, -0.25) is 4.90 Å². The third-order valence-corrected chi connectivity index (χ3v) is 4.09. The Balaban J connectivity index is 2.72. The van der Waals surface area contributed by atoms with Gasteiger partial charge >= 0.3 is 0 Å². The minimum atomic E-state index is 0.160. The molecule has 20 heavy (non-hydrogen) atoms. The van der Waals surface area contributed by atoms with Gasteiger partial charge in [0.15, 0.2) is 0 Å². The molecule has 0 aliphatic rings. The fourth-order valence-electron chi connectivity index (χ4n) is 2.32. The zero-order valence-electron chi connectivity index (χ0n) is 13.7. The molecule has 0 heterocycles. The highest BCUT2D eigenvalue weighted by Gasteiger charge is 2.21. The lowest BCUT2D eigenvalue weighted by Crippen LogP contribution is -2.46. The molecule has 3 heteroatoms. The number of nitrogens with zero attached hydrogens (tertiary/aromatic N) is 1. The van der Waals surface area contributed by atoms with E-state index in [2.05, 4.69) is 64.0 Å². The predicted molar refractivity (Wildman–Crippen MR) is 89.5 cm³/mol. The molecule has 0 fully saturated rings. The maximum atomic E-state index is 6.10. The summed E-state index contributed by atoms with van der Waals surface area (Å²) in [6, 6.07) is 9.04. The van der Waals surface area contributed by atoms with E-state index in [1.54, 1.807) is 0 Å². The first-order chi connectivity index (χ1) is 9.24. The summed E-state index contributed by atoms with van der Waals surface area (Å²) in [6.45, 7) is 12.1. The van der Waals surface area contributed by atoms with E-state index in [4.69, 9.17) is 11.6 Å². The van der Waals surface area contributed by atoms with E-state index >= 15 is 0 Å². The molecule has 1 aromatic rings. The Morgan fingerprint density at radius 3 is 2.45 bits per heavy atom. The van der Waals surface area contributed by atoms with Crippen LogP contribution in [0, 0.1) is 0 Å². The second-order valence-electron chi connectivity index (χ2n) is 6.59. The molecule has 0 amide bonds. The molecule has 0 spiro atoms.